The predicted molar refractivity (Wildman–Crippen MR) is 44.7 cm³/mol. The van der Waals surface area contributed by atoms with Crippen LogP contribution in [0.25, 0.3) is 0 Å². The Balaban J connectivity index is 3.68. The standard InChI is InChI=1S/C7H14N4O/c1-2-11(5-3-4-8)6-7(12)10-9/h2-3,5-6,9H2,1H3,(H,10,12). The van der Waals surface area contributed by atoms with Crippen LogP contribution >= 0.6 is 0 Å². The number of nitrogens with two attached hydrogens (primary N) is 1. The maximum atomic E-state index is 10.8. The number of hydrogen-bond donors (Lipinski definition) is 2. The molecule has 5 nitrogen and oxygen atoms in total. The van der Waals surface area contributed by atoms with E-state index in [1.807, 2.05) is 23.3 Å². The van der Waals surface area contributed by atoms with Crippen LogP contribution in [-0.2, 0) is 4.79 Å². The van der Waals surface area contributed by atoms with Gasteiger partial charge in [0.25, 0.3) is 0 Å². The van der Waals surface area contributed by atoms with Crippen LogP contribution in [0.5, 0.6) is 0 Å². The second-order valence-electron chi connectivity index (χ2n) is 2.34. The molecule has 0 unspecified atom stereocenters. The van der Waals surface area contributed by atoms with E-state index in [1.165, 1.54) is 0 Å². The first-order valence-electron chi connectivity index (χ1n) is 3.83. The van der Waals surface area contributed by atoms with Crippen LogP contribution in [-0.4, -0.2) is 30.4 Å². The molecule has 0 fully saturated rings. The molecule has 0 aromatic heterocycles. The third-order valence-electron chi connectivity index (χ3n) is 1.52. The van der Waals surface area contributed by atoms with E-state index >= 15 is 0 Å². The van der Waals surface area contributed by atoms with Crippen molar-refractivity contribution in [2.24, 2.45) is 5.84 Å². The number of likely N-dealkylation sites (N-methyl/N-ethyl adjacent to an activating group) is 1. The Hall–Kier alpha value is -1.12. The smallest absolute Gasteiger partial charge is 0.248 e. The van der Waals surface area contributed by atoms with Crippen molar-refractivity contribution < 1.29 is 4.79 Å². The summed E-state index contributed by atoms with van der Waals surface area (Å²) in [5, 5.41) is 8.30. The quantitative estimate of drug-likeness (QED) is 0.322. The molecular formula is C7H14N4O. The van der Waals surface area contributed by atoms with E-state index in [1.54, 1.807) is 0 Å². The summed E-state index contributed by atoms with van der Waals surface area (Å²) in [5.74, 6) is 4.69. The molecule has 3 N–H and O–H groups in total. The lowest BCUT2D eigenvalue weighted by Gasteiger charge is -2.16. The molecule has 0 atom stereocenters. The monoisotopic (exact) mass is 170 g/mol. The van der Waals surface area contributed by atoms with Crippen molar-refractivity contribution in [3.8, 4) is 6.07 Å². The molecule has 0 bridgehead atoms. The normalized spacial score (nSPS) is 9.50. The summed E-state index contributed by atoms with van der Waals surface area (Å²) >= 11 is 0. The van der Waals surface area contributed by atoms with Gasteiger partial charge in [-0.3, -0.25) is 15.1 Å². The Kier molecular flexibility index (Phi) is 5.97. The van der Waals surface area contributed by atoms with Gasteiger partial charge in [-0.15, -0.1) is 0 Å². The minimum absolute atomic E-state index is 0.227. The fraction of sp³-hybridized carbons (Fsp3) is 0.714. The van der Waals surface area contributed by atoms with Crippen LogP contribution in [0.2, 0.25) is 0 Å². The Labute approximate surface area is 72.1 Å². The van der Waals surface area contributed by atoms with Crippen LogP contribution in [0.4, 0.5) is 0 Å². The highest BCUT2D eigenvalue weighted by atomic mass is 16.2. The highest BCUT2D eigenvalue weighted by molar-refractivity contribution is 5.77. The van der Waals surface area contributed by atoms with Crippen LogP contribution in [0.1, 0.15) is 13.3 Å². The molecular weight excluding hydrogens is 156 g/mol. The molecule has 12 heavy (non-hydrogen) atoms. The molecule has 0 aliphatic heterocycles. The van der Waals surface area contributed by atoms with Gasteiger partial charge in [0, 0.05) is 13.0 Å². The predicted octanol–water partition coefficient (Wildman–Crippen LogP) is -0.788. The summed E-state index contributed by atoms with van der Waals surface area (Å²) in [5.41, 5.74) is 2.04. The van der Waals surface area contributed by atoms with Crippen molar-refractivity contribution in [2.75, 3.05) is 19.6 Å². The van der Waals surface area contributed by atoms with Gasteiger partial charge in [0.05, 0.1) is 12.6 Å². The molecule has 68 valence electrons. The maximum absolute atomic E-state index is 10.8. The van der Waals surface area contributed by atoms with Gasteiger partial charge in [-0.25, -0.2) is 5.84 Å². The minimum atomic E-state index is -0.227. The van der Waals surface area contributed by atoms with E-state index in [0.29, 0.717) is 13.0 Å². The lowest BCUT2D eigenvalue weighted by molar-refractivity contribution is -0.122. The highest BCUT2D eigenvalue weighted by Crippen LogP contribution is 1.89. The van der Waals surface area contributed by atoms with Gasteiger partial charge < -0.3 is 0 Å². The molecule has 1 amide bonds. The molecule has 0 rings (SSSR count). The Morgan fingerprint density at radius 2 is 2.42 bits per heavy atom. The van der Waals surface area contributed by atoms with Crippen molar-refractivity contribution in [3.63, 3.8) is 0 Å². The molecule has 0 spiro atoms. The van der Waals surface area contributed by atoms with Gasteiger partial charge in [0.1, 0.15) is 0 Å². The number of nitrogens with one attached hydrogen (secondary N) is 1. The zero-order valence-electron chi connectivity index (χ0n) is 7.21. The molecule has 5 heteroatoms. The number of amides is 1. The van der Waals surface area contributed by atoms with Crippen LogP contribution in [0.15, 0.2) is 0 Å². The first-order valence-corrected chi connectivity index (χ1v) is 3.83. The molecule has 0 saturated heterocycles. The summed E-state index contributed by atoms with van der Waals surface area (Å²) in [6.45, 7) is 3.55. The number of hydrogen-bond acceptors (Lipinski definition) is 4. The Morgan fingerprint density at radius 1 is 1.75 bits per heavy atom. The largest absolute Gasteiger partial charge is 0.294 e. The number of nitriles is 1. The van der Waals surface area contributed by atoms with Gasteiger partial charge in [-0.1, -0.05) is 6.92 Å². The van der Waals surface area contributed by atoms with Crippen molar-refractivity contribution in [3.05, 3.63) is 0 Å². The number of rotatable bonds is 5. The van der Waals surface area contributed by atoms with E-state index in [-0.39, 0.29) is 12.5 Å². The van der Waals surface area contributed by atoms with Gasteiger partial charge in [-0.05, 0) is 6.54 Å². The first kappa shape index (κ1) is 10.9. The fourth-order valence-electron chi connectivity index (χ4n) is 0.806. The van der Waals surface area contributed by atoms with E-state index < -0.39 is 0 Å². The van der Waals surface area contributed by atoms with Crippen molar-refractivity contribution >= 4 is 5.91 Å². The average molecular weight is 170 g/mol. The maximum Gasteiger partial charge on any atom is 0.248 e. The molecule has 0 aliphatic carbocycles. The Bertz CT molecular complexity index is 175. The zero-order valence-corrected chi connectivity index (χ0v) is 7.21. The summed E-state index contributed by atoms with van der Waals surface area (Å²) in [7, 11) is 0. The number of carbonyl (C=O) groups excluding carboxylic acids is 1. The molecule has 0 heterocycles. The van der Waals surface area contributed by atoms with E-state index in [0.717, 1.165) is 6.54 Å². The van der Waals surface area contributed by atoms with Gasteiger partial charge in [-0.2, -0.15) is 5.26 Å². The second kappa shape index (κ2) is 6.58. The van der Waals surface area contributed by atoms with E-state index in [4.69, 9.17) is 11.1 Å². The van der Waals surface area contributed by atoms with Gasteiger partial charge in [0.15, 0.2) is 0 Å². The number of nitrogens with zero attached hydrogens (tertiary/aromatic N) is 2. The molecule has 0 aromatic rings. The fourth-order valence-corrected chi connectivity index (χ4v) is 0.806. The van der Waals surface area contributed by atoms with Crippen molar-refractivity contribution in [2.45, 2.75) is 13.3 Å². The second-order valence-corrected chi connectivity index (χ2v) is 2.34. The number of carbonyl (C=O) groups is 1. The average Bonchev–Trinajstić information content (AvgIpc) is 2.11. The van der Waals surface area contributed by atoms with Crippen LogP contribution < -0.4 is 11.3 Å². The number of hydrazine groups is 1. The minimum Gasteiger partial charge on any atom is -0.294 e. The third-order valence-corrected chi connectivity index (χ3v) is 1.52. The summed E-state index contributed by atoms with van der Waals surface area (Å²) in [6.07, 6.45) is 0.436. The molecule has 0 saturated carbocycles. The summed E-state index contributed by atoms with van der Waals surface area (Å²) < 4.78 is 0. The first-order chi connectivity index (χ1) is 5.74. The lowest BCUT2D eigenvalue weighted by Crippen LogP contribution is -2.40. The van der Waals surface area contributed by atoms with Gasteiger partial charge in [0.2, 0.25) is 5.91 Å². The summed E-state index contributed by atoms with van der Waals surface area (Å²) in [4.78, 5) is 12.6. The third kappa shape index (κ3) is 4.66. The van der Waals surface area contributed by atoms with E-state index in [9.17, 15) is 4.79 Å². The van der Waals surface area contributed by atoms with E-state index in [2.05, 4.69) is 0 Å². The SMILES string of the molecule is CCN(CCC#N)CC(=O)NN. The van der Waals surface area contributed by atoms with Crippen LogP contribution in [0.3, 0.4) is 0 Å². The van der Waals surface area contributed by atoms with Gasteiger partial charge >= 0.3 is 0 Å². The zero-order chi connectivity index (χ0) is 9.40. The summed E-state index contributed by atoms with van der Waals surface area (Å²) in [6, 6.07) is 2.02. The Morgan fingerprint density at radius 3 is 2.83 bits per heavy atom. The molecule has 0 aliphatic rings. The molecule has 0 radical (unpaired) electrons. The molecule has 0 aromatic carbocycles. The van der Waals surface area contributed by atoms with Crippen molar-refractivity contribution in [1.82, 2.24) is 10.3 Å². The highest BCUT2D eigenvalue weighted by Gasteiger charge is 2.06. The lowest BCUT2D eigenvalue weighted by atomic mass is 10.4. The van der Waals surface area contributed by atoms with Crippen molar-refractivity contribution in [1.29, 1.82) is 5.26 Å². The topological polar surface area (TPSA) is 82.2 Å². The van der Waals surface area contributed by atoms with Crippen LogP contribution in [0, 0.1) is 11.3 Å².